The van der Waals surface area contributed by atoms with Gasteiger partial charge in [-0.1, -0.05) is 0 Å². The summed E-state index contributed by atoms with van der Waals surface area (Å²) < 4.78 is 1.79. The van der Waals surface area contributed by atoms with Crippen molar-refractivity contribution in [1.82, 2.24) is 9.78 Å². The van der Waals surface area contributed by atoms with E-state index in [0.717, 1.165) is 30.5 Å². The first-order valence-electron chi connectivity index (χ1n) is 4.60. The molecule has 0 aromatic carbocycles. The quantitative estimate of drug-likeness (QED) is 0.651. The van der Waals surface area contributed by atoms with Crippen molar-refractivity contribution >= 4 is 0 Å². The maximum absolute atomic E-state index is 9.12. The molecule has 1 heterocycles. The highest BCUT2D eigenvalue weighted by molar-refractivity contribution is 5.34. The fourth-order valence-electron chi connectivity index (χ4n) is 2.01. The molecule has 3 nitrogen and oxygen atoms in total. The van der Waals surface area contributed by atoms with E-state index < -0.39 is 0 Å². The van der Waals surface area contributed by atoms with Crippen LogP contribution in [0.1, 0.15) is 30.5 Å². The molecular weight excluding hydrogens is 162 g/mol. The Morgan fingerprint density at radius 2 is 2.31 bits per heavy atom. The van der Waals surface area contributed by atoms with Crippen molar-refractivity contribution in [2.45, 2.75) is 31.6 Å². The van der Waals surface area contributed by atoms with Crippen LogP contribution in [0.4, 0.5) is 0 Å². The van der Waals surface area contributed by atoms with Gasteiger partial charge in [-0.3, -0.25) is 4.68 Å². The van der Waals surface area contributed by atoms with Crippen LogP contribution in [0.25, 0.3) is 0 Å². The van der Waals surface area contributed by atoms with Gasteiger partial charge in [0.25, 0.3) is 0 Å². The predicted molar refractivity (Wildman–Crippen MR) is 49.1 cm³/mol. The zero-order valence-electron chi connectivity index (χ0n) is 8.04. The van der Waals surface area contributed by atoms with E-state index in [1.165, 1.54) is 0 Å². The van der Waals surface area contributed by atoms with E-state index in [1.807, 2.05) is 20.2 Å². The van der Waals surface area contributed by atoms with Gasteiger partial charge < -0.3 is 0 Å². The molecule has 0 unspecified atom stereocenters. The third kappa shape index (κ3) is 1.06. The second kappa shape index (κ2) is 2.59. The zero-order valence-corrected chi connectivity index (χ0v) is 8.04. The standard InChI is InChI=1S/C10H13N3/c1-8-6-13(2)12-9(8)10(7-11)4-3-5-10/h6H,3-5H2,1-2H3. The van der Waals surface area contributed by atoms with E-state index in [-0.39, 0.29) is 5.41 Å². The molecule has 0 N–H and O–H groups in total. The fourth-order valence-corrected chi connectivity index (χ4v) is 2.01. The minimum absolute atomic E-state index is 0.259. The van der Waals surface area contributed by atoms with Crippen LogP contribution in [-0.4, -0.2) is 9.78 Å². The predicted octanol–water partition coefficient (Wildman–Crippen LogP) is 1.67. The lowest BCUT2D eigenvalue weighted by atomic mass is 9.67. The van der Waals surface area contributed by atoms with Crippen molar-refractivity contribution in [2.24, 2.45) is 7.05 Å². The molecule has 0 aliphatic heterocycles. The Kier molecular flexibility index (Phi) is 1.66. The zero-order chi connectivity index (χ0) is 9.47. The molecule has 13 heavy (non-hydrogen) atoms. The number of nitriles is 1. The lowest BCUT2D eigenvalue weighted by Crippen LogP contribution is -2.33. The Bertz CT molecular complexity index is 366. The van der Waals surface area contributed by atoms with Gasteiger partial charge in [-0.2, -0.15) is 10.4 Å². The third-order valence-corrected chi connectivity index (χ3v) is 2.89. The molecule has 0 saturated heterocycles. The van der Waals surface area contributed by atoms with Gasteiger partial charge in [0.05, 0.1) is 11.8 Å². The molecule has 1 aromatic heterocycles. The van der Waals surface area contributed by atoms with Crippen molar-refractivity contribution in [3.8, 4) is 6.07 Å². The van der Waals surface area contributed by atoms with Crippen LogP contribution in [0.2, 0.25) is 0 Å². The summed E-state index contributed by atoms with van der Waals surface area (Å²) in [5.74, 6) is 0. The first kappa shape index (κ1) is 8.31. The van der Waals surface area contributed by atoms with Crippen LogP contribution >= 0.6 is 0 Å². The van der Waals surface area contributed by atoms with E-state index in [2.05, 4.69) is 11.2 Å². The molecule has 0 amide bonds. The number of hydrogen-bond donors (Lipinski definition) is 0. The second-order valence-electron chi connectivity index (χ2n) is 3.88. The van der Waals surface area contributed by atoms with Gasteiger partial charge in [0.15, 0.2) is 0 Å². The second-order valence-corrected chi connectivity index (χ2v) is 3.88. The summed E-state index contributed by atoms with van der Waals surface area (Å²) in [6, 6.07) is 2.41. The summed E-state index contributed by atoms with van der Waals surface area (Å²) in [4.78, 5) is 0. The molecule has 1 saturated carbocycles. The van der Waals surface area contributed by atoms with Crippen molar-refractivity contribution in [1.29, 1.82) is 5.26 Å². The SMILES string of the molecule is Cc1cn(C)nc1C1(C#N)CCC1. The van der Waals surface area contributed by atoms with Gasteiger partial charge >= 0.3 is 0 Å². The van der Waals surface area contributed by atoms with Crippen molar-refractivity contribution in [3.05, 3.63) is 17.5 Å². The lowest BCUT2D eigenvalue weighted by molar-refractivity contribution is 0.312. The minimum Gasteiger partial charge on any atom is -0.275 e. The van der Waals surface area contributed by atoms with E-state index in [9.17, 15) is 0 Å². The van der Waals surface area contributed by atoms with Crippen LogP contribution in [0.5, 0.6) is 0 Å². The first-order chi connectivity index (χ1) is 6.18. The molecule has 1 aromatic rings. The Morgan fingerprint density at radius 1 is 1.62 bits per heavy atom. The highest BCUT2D eigenvalue weighted by atomic mass is 15.3. The Balaban J connectivity index is 2.45. The van der Waals surface area contributed by atoms with Crippen LogP contribution in [0.15, 0.2) is 6.20 Å². The molecule has 3 heteroatoms. The number of nitrogens with zero attached hydrogens (tertiary/aromatic N) is 3. The lowest BCUT2D eigenvalue weighted by Gasteiger charge is -2.33. The summed E-state index contributed by atoms with van der Waals surface area (Å²) in [5, 5.41) is 13.5. The van der Waals surface area contributed by atoms with Gasteiger partial charge in [0.1, 0.15) is 5.41 Å². The normalized spacial score (nSPS) is 19.2. The number of rotatable bonds is 1. The van der Waals surface area contributed by atoms with Gasteiger partial charge in [0, 0.05) is 13.2 Å². The van der Waals surface area contributed by atoms with Gasteiger partial charge in [0.2, 0.25) is 0 Å². The highest BCUT2D eigenvalue weighted by Gasteiger charge is 2.42. The third-order valence-electron chi connectivity index (χ3n) is 2.89. The molecule has 1 fully saturated rings. The van der Waals surface area contributed by atoms with E-state index in [1.54, 1.807) is 4.68 Å². The van der Waals surface area contributed by atoms with Crippen molar-refractivity contribution in [3.63, 3.8) is 0 Å². The highest BCUT2D eigenvalue weighted by Crippen LogP contribution is 2.43. The smallest absolute Gasteiger partial charge is 0.101 e. The summed E-state index contributed by atoms with van der Waals surface area (Å²) in [5.41, 5.74) is 1.87. The Labute approximate surface area is 78.0 Å². The summed E-state index contributed by atoms with van der Waals surface area (Å²) in [6.45, 7) is 2.03. The minimum atomic E-state index is -0.259. The average Bonchev–Trinajstić information content (AvgIpc) is 2.30. The van der Waals surface area contributed by atoms with Crippen LogP contribution < -0.4 is 0 Å². The molecule has 1 aliphatic carbocycles. The van der Waals surface area contributed by atoms with Crippen LogP contribution in [-0.2, 0) is 12.5 Å². The molecule has 68 valence electrons. The topological polar surface area (TPSA) is 41.6 Å². The maximum atomic E-state index is 9.12. The maximum Gasteiger partial charge on any atom is 0.101 e. The molecule has 2 rings (SSSR count). The Morgan fingerprint density at radius 3 is 2.62 bits per heavy atom. The first-order valence-corrected chi connectivity index (χ1v) is 4.60. The largest absolute Gasteiger partial charge is 0.275 e. The Hall–Kier alpha value is -1.30. The van der Waals surface area contributed by atoms with Gasteiger partial charge in [-0.25, -0.2) is 0 Å². The molecule has 0 radical (unpaired) electrons. The number of aryl methyl sites for hydroxylation is 2. The summed E-state index contributed by atoms with van der Waals surface area (Å²) in [6.07, 6.45) is 5.08. The van der Waals surface area contributed by atoms with E-state index in [0.29, 0.717) is 0 Å². The molecule has 0 spiro atoms. The van der Waals surface area contributed by atoms with Gasteiger partial charge in [-0.15, -0.1) is 0 Å². The van der Waals surface area contributed by atoms with Crippen LogP contribution in [0, 0.1) is 18.3 Å². The number of hydrogen-bond acceptors (Lipinski definition) is 2. The molecule has 0 bridgehead atoms. The summed E-state index contributed by atoms with van der Waals surface area (Å²) >= 11 is 0. The fraction of sp³-hybridized carbons (Fsp3) is 0.600. The number of aromatic nitrogens is 2. The van der Waals surface area contributed by atoms with Crippen molar-refractivity contribution in [2.75, 3.05) is 0 Å². The van der Waals surface area contributed by atoms with E-state index >= 15 is 0 Å². The molecule has 1 aliphatic rings. The summed E-state index contributed by atoms with van der Waals surface area (Å²) in [7, 11) is 1.90. The van der Waals surface area contributed by atoms with E-state index in [4.69, 9.17) is 5.26 Å². The average molecular weight is 175 g/mol. The molecular formula is C10H13N3. The molecule has 0 atom stereocenters. The van der Waals surface area contributed by atoms with Crippen molar-refractivity contribution < 1.29 is 0 Å². The van der Waals surface area contributed by atoms with Gasteiger partial charge in [-0.05, 0) is 31.7 Å². The van der Waals surface area contributed by atoms with Crippen LogP contribution in [0.3, 0.4) is 0 Å². The monoisotopic (exact) mass is 175 g/mol.